The zero-order valence-electron chi connectivity index (χ0n) is 9.74. The third-order valence-electron chi connectivity index (χ3n) is 2.26. The summed E-state index contributed by atoms with van der Waals surface area (Å²) in [4.78, 5) is 11.1. The van der Waals surface area contributed by atoms with Crippen molar-refractivity contribution in [3.8, 4) is 0 Å². The third-order valence-corrected chi connectivity index (χ3v) is 2.61. The second-order valence-corrected chi connectivity index (χ2v) is 4.03. The average Bonchev–Trinajstić information content (AvgIpc) is 2.29. The maximum absolute atomic E-state index is 11.1. The van der Waals surface area contributed by atoms with Crippen molar-refractivity contribution < 1.29 is 9.90 Å². The number of amides is 1. The number of halogens is 1. The van der Waals surface area contributed by atoms with Crippen molar-refractivity contribution in [3.05, 3.63) is 34.9 Å². The van der Waals surface area contributed by atoms with E-state index >= 15 is 0 Å². The lowest BCUT2D eigenvalue weighted by Crippen LogP contribution is -2.35. The van der Waals surface area contributed by atoms with Gasteiger partial charge in [-0.1, -0.05) is 29.8 Å². The molecular formula is C12H17ClN2O2. The molecule has 1 aromatic carbocycles. The fourth-order valence-electron chi connectivity index (χ4n) is 1.44. The van der Waals surface area contributed by atoms with E-state index in [-0.39, 0.29) is 12.5 Å². The van der Waals surface area contributed by atoms with E-state index in [1.165, 1.54) is 0 Å². The number of benzene rings is 1. The van der Waals surface area contributed by atoms with Crippen LogP contribution in [0.1, 0.15) is 18.6 Å². The molecule has 0 fully saturated rings. The largest absolute Gasteiger partial charge is 0.387 e. The lowest BCUT2D eigenvalue weighted by atomic mass is 10.1. The first kappa shape index (κ1) is 14.0. The quantitative estimate of drug-likeness (QED) is 0.714. The van der Waals surface area contributed by atoms with E-state index in [2.05, 4.69) is 10.6 Å². The van der Waals surface area contributed by atoms with E-state index in [0.717, 1.165) is 0 Å². The number of carbonyl (C=O) groups is 1. The molecule has 0 aromatic heterocycles. The Morgan fingerprint density at radius 1 is 1.47 bits per heavy atom. The van der Waals surface area contributed by atoms with Gasteiger partial charge in [-0.2, -0.15) is 0 Å². The van der Waals surface area contributed by atoms with Crippen LogP contribution in [-0.4, -0.2) is 30.6 Å². The average molecular weight is 257 g/mol. The smallest absolute Gasteiger partial charge is 0.233 e. The van der Waals surface area contributed by atoms with Gasteiger partial charge >= 0.3 is 0 Å². The molecule has 0 bridgehead atoms. The van der Waals surface area contributed by atoms with E-state index in [4.69, 9.17) is 11.6 Å². The summed E-state index contributed by atoms with van der Waals surface area (Å²) in [6, 6.07) is 7.11. The fraction of sp³-hybridized carbons (Fsp3) is 0.417. The predicted molar refractivity (Wildman–Crippen MR) is 68.0 cm³/mol. The number of nitrogens with one attached hydrogen (secondary N) is 2. The number of aliphatic hydroxyl groups excluding tert-OH is 1. The second kappa shape index (κ2) is 7.27. The molecule has 1 unspecified atom stereocenters. The van der Waals surface area contributed by atoms with Crippen LogP contribution in [-0.2, 0) is 4.79 Å². The normalized spacial score (nSPS) is 12.2. The first-order valence-electron chi connectivity index (χ1n) is 5.55. The number of aliphatic hydroxyl groups is 1. The zero-order valence-corrected chi connectivity index (χ0v) is 10.5. The van der Waals surface area contributed by atoms with E-state index in [0.29, 0.717) is 23.7 Å². The Hall–Kier alpha value is -1.10. The van der Waals surface area contributed by atoms with Gasteiger partial charge in [-0.05, 0) is 13.0 Å². The molecule has 1 rings (SSSR count). The summed E-state index contributed by atoms with van der Waals surface area (Å²) in [6.45, 7) is 2.94. The van der Waals surface area contributed by atoms with Gasteiger partial charge in [-0.3, -0.25) is 4.79 Å². The van der Waals surface area contributed by atoms with Gasteiger partial charge in [0.25, 0.3) is 0 Å². The number of rotatable bonds is 6. The number of hydrogen-bond donors (Lipinski definition) is 3. The maximum atomic E-state index is 11.1. The highest BCUT2D eigenvalue weighted by atomic mass is 35.5. The first-order valence-corrected chi connectivity index (χ1v) is 5.92. The number of likely N-dealkylation sites (N-methyl/N-ethyl adjacent to an activating group) is 1. The summed E-state index contributed by atoms with van der Waals surface area (Å²) in [5, 5.41) is 15.9. The highest BCUT2D eigenvalue weighted by Crippen LogP contribution is 2.21. The van der Waals surface area contributed by atoms with E-state index < -0.39 is 6.10 Å². The fourth-order valence-corrected chi connectivity index (χ4v) is 1.70. The molecule has 0 aliphatic heterocycles. The summed E-state index contributed by atoms with van der Waals surface area (Å²) < 4.78 is 0. The molecule has 3 N–H and O–H groups in total. The van der Waals surface area contributed by atoms with Gasteiger partial charge in [-0.15, -0.1) is 0 Å². The molecule has 0 heterocycles. The highest BCUT2D eigenvalue weighted by Gasteiger charge is 2.10. The van der Waals surface area contributed by atoms with Crippen molar-refractivity contribution in [1.29, 1.82) is 0 Å². The summed E-state index contributed by atoms with van der Waals surface area (Å²) in [7, 11) is 0. The minimum Gasteiger partial charge on any atom is -0.387 e. The monoisotopic (exact) mass is 256 g/mol. The van der Waals surface area contributed by atoms with Crippen molar-refractivity contribution in [3.63, 3.8) is 0 Å². The summed E-state index contributed by atoms with van der Waals surface area (Å²) in [6.07, 6.45) is -0.710. The van der Waals surface area contributed by atoms with Crippen LogP contribution in [0.5, 0.6) is 0 Å². The van der Waals surface area contributed by atoms with Crippen molar-refractivity contribution in [2.45, 2.75) is 13.0 Å². The molecule has 5 heteroatoms. The van der Waals surface area contributed by atoms with E-state index in [1.807, 2.05) is 13.0 Å². The van der Waals surface area contributed by atoms with Crippen molar-refractivity contribution in [2.24, 2.45) is 0 Å². The minimum atomic E-state index is -0.710. The highest BCUT2D eigenvalue weighted by molar-refractivity contribution is 6.31. The topological polar surface area (TPSA) is 61.4 Å². The standard InChI is InChI=1S/C12H17ClN2O2/c1-2-15-12(17)8-14-7-11(16)9-5-3-4-6-10(9)13/h3-6,11,14,16H,2,7-8H2,1H3,(H,15,17). The Bertz CT molecular complexity index is 371. The molecule has 94 valence electrons. The Morgan fingerprint density at radius 3 is 2.82 bits per heavy atom. The molecule has 17 heavy (non-hydrogen) atoms. The van der Waals surface area contributed by atoms with E-state index in [9.17, 15) is 9.90 Å². The molecule has 1 aromatic rings. The Labute approximate surface area is 106 Å². The summed E-state index contributed by atoms with van der Waals surface area (Å²) >= 11 is 5.94. The van der Waals surface area contributed by atoms with Gasteiger partial charge < -0.3 is 15.7 Å². The predicted octanol–water partition coefficient (Wildman–Crippen LogP) is 1.10. The minimum absolute atomic E-state index is 0.0844. The molecule has 0 aliphatic rings. The van der Waals surface area contributed by atoms with Crippen LogP contribution in [0.15, 0.2) is 24.3 Å². The van der Waals surface area contributed by atoms with Crippen molar-refractivity contribution >= 4 is 17.5 Å². The molecular weight excluding hydrogens is 240 g/mol. The molecule has 0 spiro atoms. The zero-order chi connectivity index (χ0) is 12.7. The third kappa shape index (κ3) is 4.73. The molecule has 1 atom stereocenters. The van der Waals surface area contributed by atoms with Gasteiger partial charge in [0.15, 0.2) is 0 Å². The molecule has 0 aliphatic carbocycles. The van der Waals surface area contributed by atoms with Gasteiger partial charge in [0.05, 0.1) is 12.6 Å². The summed E-state index contributed by atoms with van der Waals surface area (Å²) in [5.41, 5.74) is 0.664. The van der Waals surface area contributed by atoms with Gasteiger partial charge in [0, 0.05) is 23.7 Å². The summed E-state index contributed by atoms with van der Waals surface area (Å²) in [5.74, 6) is -0.0844. The maximum Gasteiger partial charge on any atom is 0.233 e. The van der Waals surface area contributed by atoms with Crippen LogP contribution >= 0.6 is 11.6 Å². The molecule has 0 saturated heterocycles. The molecule has 0 radical (unpaired) electrons. The SMILES string of the molecule is CCNC(=O)CNCC(O)c1ccccc1Cl. The number of hydrogen-bond acceptors (Lipinski definition) is 3. The Morgan fingerprint density at radius 2 is 2.18 bits per heavy atom. The number of carbonyl (C=O) groups excluding carboxylic acids is 1. The van der Waals surface area contributed by atoms with E-state index in [1.54, 1.807) is 18.2 Å². The Balaban J connectivity index is 2.38. The van der Waals surface area contributed by atoms with Crippen LogP contribution in [0.4, 0.5) is 0 Å². The first-order chi connectivity index (χ1) is 8.15. The van der Waals surface area contributed by atoms with Gasteiger partial charge in [0.1, 0.15) is 0 Å². The van der Waals surface area contributed by atoms with Crippen LogP contribution < -0.4 is 10.6 Å². The van der Waals surface area contributed by atoms with Crippen LogP contribution in [0.25, 0.3) is 0 Å². The van der Waals surface area contributed by atoms with Crippen LogP contribution in [0, 0.1) is 0 Å². The molecule has 1 amide bonds. The Kier molecular flexibility index (Phi) is 5.97. The van der Waals surface area contributed by atoms with Gasteiger partial charge in [0.2, 0.25) is 5.91 Å². The van der Waals surface area contributed by atoms with Gasteiger partial charge in [-0.25, -0.2) is 0 Å². The van der Waals surface area contributed by atoms with Crippen LogP contribution in [0.2, 0.25) is 5.02 Å². The second-order valence-electron chi connectivity index (χ2n) is 3.62. The lowest BCUT2D eigenvalue weighted by Gasteiger charge is -2.13. The van der Waals surface area contributed by atoms with Crippen molar-refractivity contribution in [1.82, 2.24) is 10.6 Å². The lowest BCUT2D eigenvalue weighted by molar-refractivity contribution is -0.120. The van der Waals surface area contributed by atoms with Crippen LogP contribution in [0.3, 0.4) is 0 Å². The van der Waals surface area contributed by atoms with Crippen molar-refractivity contribution in [2.75, 3.05) is 19.6 Å². The molecule has 4 nitrogen and oxygen atoms in total. The molecule has 0 saturated carbocycles.